The van der Waals surface area contributed by atoms with E-state index in [0.29, 0.717) is 0 Å². The monoisotopic (exact) mass is 1090 g/mol. The first-order valence-corrected chi connectivity index (χ1v) is 30.0. The van der Waals surface area contributed by atoms with E-state index in [0.717, 1.165) is 50.8 Å². The molecule has 0 bridgehead atoms. The number of benzene rings is 13. The number of ether oxygens (including phenoxy) is 1. The van der Waals surface area contributed by atoms with Crippen LogP contribution in [0.25, 0.3) is 44.5 Å². The molecule has 2 nitrogen and oxygen atoms in total. The Morgan fingerprint density at radius 2 is 0.643 bits per heavy atom. The first-order valence-electron chi connectivity index (χ1n) is 29.1. The number of rotatable bonds is 6. The average molecular weight is 1090 g/mol. The molecule has 2 heterocycles. The topological polar surface area (TPSA) is 12.5 Å². The summed E-state index contributed by atoms with van der Waals surface area (Å²) in [6, 6.07) is 116. The van der Waals surface area contributed by atoms with E-state index in [1.54, 1.807) is 0 Å². The molecule has 0 fully saturated rings. The largest absolute Gasteiger partial charge is 0.457 e. The van der Waals surface area contributed by atoms with E-state index < -0.39 is 16.2 Å². The van der Waals surface area contributed by atoms with Crippen molar-refractivity contribution in [3.05, 3.63) is 376 Å². The van der Waals surface area contributed by atoms with Crippen LogP contribution in [0, 0.1) is 0 Å². The molecule has 3 heteroatoms. The second-order valence-electron chi connectivity index (χ2n) is 22.9. The lowest BCUT2D eigenvalue weighted by Gasteiger charge is -2.40. The molecule has 0 saturated carbocycles. The molecule has 0 radical (unpaired) electrons. The fraction of sp³-hybridized carbons (Fsp3) is 0.0370. The molecule has 2 aliphatic heterocycles. The standard InChI is InChI=1S/C81H51NOS/c1-3-23-53(24-4-1)79(54-25-5-2-6-26-54)64-31-11-7-28-58(64)61-46-43-52(49-72(61)79)57-27-10-18-38-74(57)82(55-45-48-67-63(50-55)60-30-9-13-33-66(60)80(67)68-34-14-19-39-75(68)83-76-40-20-15-35-69(76)80)56-44-47-62-59-29-8-12-32-65(59)81(73(62)51-56)70-36-16-21-41-77(70)84-78-42-22-17-37-71(78)81/h1-51H. The smallest absolute Gasteiger partial charge is 0.132 e. The Balaban J connectivity index is 0.910. The maximum atomic E-state index is 6.78. The summed E-state index contributed by atoms with van der Waals surface area (Å²) < 4.78 is 6.78. The van der Waals surface area contributed by atoms with Gasteiger partial charge in [0.1, 0.15) is 11.5 Å². The van der Waals surface area contributed by atoms with Crippen molar-refractivity contribution in [2.24, 2.45) is 0 Å². The van der Waals surface area contributed by atoms with Gasteiger partial charge in [-0.1, -0.05) is 260 Å². The van der Waals surface area contributed by atoms with Gasteiger partial charge >= 0.3 is 0 Å². The number of hydrogen-bond acceptors (Lipinski definition) is 3. The normalized spacial score (nSPS) is 14.8. The zero-order chi connectivity index (χ0) is 55.1. The van der Waals surface area contributed by atoms with Crippen LogP contribution in [-0.4, -0.2) is 0 Å². The van der Waals surface area contributed by atoms with Gasteiger partial charge in [-0.2, -0.15) is 0 Å². The Hall–Kier alpha value is -10.2. The van der Waals surface area contributed by atoms with Crippen LogP contribution < -0.4 is 9.64 Å². The van der Waals surface area contributed by atoms with Gasteiger partial charge < -0.3 is 9.64 Å². The van der Waals surface area contributed by atoms with Gasteiger partial charge in [0.15, 0.2) is 0 Å². The summed E-state index contributed by atoms with van der Waals surface area (Å²) in [6.45, 7) is 0. The van der Waals surface area contributed by atoms with Crippen molar-refractivity contribution in [1.82, 2.24) is 0 Å². The number of fused-ring (bicyclic) bond motifs is 21. The van der Waals surface area contributed by atoms with E-state index in [4.69, 9.17) is 4.74 Å². The van der Waals surface area contributed by atoms with Crippen LogP contribution in [0.15, 0.2) is 319 Å². The molecule has 0 amide bonds. The van der Waals surface area contributed by atoms with Crippen molar-refractivity contribution in [3.63, 3.8) is 0 Å². The maximum Gasteiger partial charge on any atom is 0.132 e. The lowest BCUT2D eigenvalue weighted by Crippen LogP contribution is -2.32. The molecule has 18 rings (SSSR count). The number of anilines is 3. The summed E-state index contributed by atoms with van der Waals surface area (Å²) in [6.07, 6.45) is 0. The van der Waals surface area contributed by atoms with Crippen LogP contribution >= 0.6 is 11.8 Å². The van der Waals surface area contributed by atoms with Crippen LogP contribution in [0.2, 0.25) is 0 Å². The number of para-hydroxylation sites is 3. The van der Waals surface area contributed by atoms with Crippen molar-refractivity contribution < 1.29 is 4.74 Å². The molecule has 0 unspecified atom stereocenters. The maximum absolute atomic E-state index is 6.78. The van der Waals surface area contributed by atoms with E-state index in [-0.39, 0.29) is 0 Å². The number of nitrogens with zero attached hydrogens (tertiary/aromatic N) is 1. The molecule has 0 N–H and O–H groups in total. The third kappa shape index (κ3) is 6.21. The Kier molecular flexibility index (Phi) is 10.1. The molecule has 0 saturated heterocycles. The minimum atomic E-state index is -0.601. The molecular formula is C81H51NOS. The third-order valence-corrected chi connectivity index (χ3v) is 20.2. The highest BCUT2D eigenvalue weighted by Crippen LogP contribution is 2.66. The Morgan fingerprint density at radius 3 is 1.24 bits per heavy atom. The molecule has 13 aromatic rings. The molecule has 84 heavy (non-hydrogen) atoms. The van der Waals surface area contributed by atoms with Gasteiger partial charge in [-0.15, -0.1) is 0 Å². The molecule has 3 aliphatic carbocycles. The summed E-state index contributed by atoms with van der Waals surface area (Å²) in [5, 5.41) is 0. The predicted octanol–water partition coefficient (Wildman–Crippen LogP) is 20.5. The second kappa shape index (κ2) is 17.9. The Morgan fingerprint density at radius 1 is 0.250 bits per heavy atom. The Labute approximate surface area is 493 Å². The summed E-state index contributed by atoms with van der Waals surface area (Å²) in [5.41, 5.74) is 26.4. The molecular weight excluding hydrogens is 1030 g/mol. The van der Waals surface area contributed by atoms with Crippen LogP contribution in [-0.2, 0) is 16.2 Å². The summed E-state index contributed by atoms with van der Waals surface area (Å²) in [5.74, 6) is 1.77. The highest BCUT2D eigenvalue weighted by Gasteiger charge is 2.53. The van der Waals surface area contributed by atoms with E-state index in [9.17, 15) is 0 Å². The first kappa shape index (κ1) is 47.4. The van der Waals surface area contributed by atoms with Gasteiger partial charge in [-0.3, -0.25) is 0 Å². The minimum absolute atomic E-state index is 0.558. The van der Waals surface area contributed by atoms with Crippen LogP contribution in [0.1, 0.15) is 66.8 Å². The molecule has 0 atom stereocenters. The van der Waals surface area contributed by atoms with Gasteiger partial charge in [0, 0.05) is 37.9 Å². The van der Waals surface area contributed by atoms with Gasteiger partial charge in [-0.25, -0.2) is 0 Å². The number of hydrogen-bond donors (Lipinski definition) is 0. The van der Waals surface area contributed by atoms with E-state index in [1.807, 2.05) is 11.8 Å². The van der Waals surface area contributed by atoms with Gasteiger partial charge in [-0.05, 0) is 155 Å². The summed E-state index contributed by atoms with van der Waals surface area (Å²) in [7, 11) is 0. The van der Waals surface area contributed by atoms with Gasteiger partial charge in [0.2, 0.25) is 0 Å². The van der Waals surface area contributed by atoms with E-state index in [1.165, 1.54) is 98.8 Å². The van der Waals surface area contributed by atoms with Crippen LogP contribution in [0.3, 0.4) is 0 Å². The quantitative estimate of drug-likeness (QED) is 0.165. The van der Waals surface area contributed by atoms with E-state index >= 15 is 0 Å². The molecule has 392 valence electrons. The van der Waals surface area contributed by atoms with Crippen molar-refractivity contribution >= 4 is 28.8 Å². The first-order chi connectivity index (χ1) is 41.7. The van der Waals surface area contributed by atoms with Crippen LogP contribution in [0.4, 0.5) is 17.1 Å². The van der Waals surface area contributed by atoms with Gasteiger partial charge in [0.25, 0.3) is 0 Å². The van der Waals surface area contributed by atoms with Crippen molar-refractivity contribution in [2.45, 2.75) is 26.0 Å². The zero-order valence-corrected chi connectivity index (χ0v) is 46.5. The Bertz CT molecular complexity index is 4750. The predicted molar refractivity (Wildman–Crippen MR) is 343 cm³/mol. The second-order valence-corrected chi connectivity index (χ2v) is 24.0. The van der Waals surface area contributed by atoms with E-state index in [2.05, 4.69) is 314 Å². The highest BCUT2D eigenvalue weighted by molar-refractivity contribution is 7.99. The SMILES string of the molecule is c1ccc(C2(c3ccccc3)c3ccccc3-c3ccc(-c4ccccc4N(c4ccc5c(c4)-c4ccccc4C54c5ccccc5Oc5ccccc54)c4ccc5c(c4)C4(c6ccccc6Sc6ccccc64)c4ccccc4-5)cc32)cc1. The lowest BCUT2D eigenvalue weighted by atomic mass is 9.66. The van der Waals surface area contributed by atoms with Gasteiger partial charge in [0.05, 0.1) is 21.9 Å². The molecule has 2 spiro atoms. The lowest BCUT2D eigenvalue weighted by molar-refractivity contribution is 0.436. The molecule has 0 aromatic heterocycles. The summed E-state index contributed by atoms with van der Waals surface area (Å²) in [4.78, 5) is 5.13. The fourth-order valence-corrected chi connectivity index (χ4v) is 17.1. The van der Waals surface area contributed by atoms with Crippen molar-refractivity contribution in [1.29, 1.82) is 0 Å². The minimum Gasteiger partial charge on any atom is -0.457 e. The van der Waals surface area contributed by atoms with Crippen LogP contribution in [0.5, 0.6) is 11.5 Å². The van der Waals surface area contributed by atoms with Crippen molar-refractivity contribution in [2.75, 3.05) is 4.90 Å². The molecule has 13 aromatic carbocycles. The third-order valence-electron chi connectivity index (χ3n) is 19.1. The fourth-order valence-electron chi connectivity index (χ4n) is 15.9. The van der Waals surface area contributed by atoms with Crippen molar-refractivity contribution in [3.8, 4) is 56.0 Å². The zero-order valence-electron chi connectivity index (χ0n) is 45.7. The summed E-state index contributed by atoms with van der Waals surface area (Å²) >= 11 is 1.89. The average Bonchev–Trinajstić information content (AvgIpc) is 1.94. The molecule has 5 aliphatic rings. The highest BCUT2D eigenvalue weighted by atomic mass is 32.2.